The van der Waals surface area contributed by atoms with Crippen LogP contribution in [-0.2, 0) is 12.8 Å². The van der Waals surface area contributed by atoms with Gasteiger partial charge in [0, 0.05) is 52.2 Å². The highest BCUT2D eigenvalue weighted by molar-refractivity contribution is 5.96. The quantitative estimate of drug-likeness (QED) is 0.239. The van der Waals surface area contributed by atoms with Gasteiger partial charge in [-0.3, -0.25) is 9.88 Å². The maximum atomic E-state index is 4.82. The molecule has 40 heavy (non-hydrogen) atoms. The molecule has 0 spiro atoms. The molecule has 2 aliphatic rings. The van der Waals surface area contributed by atoms with Gasteiger partial charge in [-0.2, -0.15) is 0 Å². The van der Waals surface area contributed by atoms with E-state index in [4.69, 9.17) is 4.98 Å². The molecule has 1 aliphatic carbocycles. The average Bonchev–Trinajstić information content (AvgIpc) is 3.57. The molecule has 202 valence electrons. The van der Waals surface area contributed by atoms with Crippen LogP contribution in [0.15, 0.2) is 79.3 Å². The lowest BCUT2D eigenvalue weighted by atomic mass is 9.89. The van der Waals surface area contributed by atoms with Crippen LogP contribution in [0, 0.1) is 6.92 Å². The smallest absolute Gasteiger partial charge is 0.137 e. The van der Waals surface area contributed by atoms with Crippen molar-refractivity contribution in [3.8, 4) is 33.5 Å². The molecule has 3 aromatic heterocycles. The van der Waals surface area contributed by atoms with Gasteiger partial charge in [0.05, 0.1) is 5.69 Å². The molecule has 0 unspecified atom stereocenters. The second-order valence-electron chi connectivity index (χ2n) is 12.2. The van der Waals surface area contributed by atoms with E-state index in [1.54, 1.807) is 0 Å². The fourth-order valence-electron chi connectivity index (χ4n) is 7.23. The zero-order chi connectivity index (χ0) is 27.3. The van der Waals surface area contributed by atoms with E-state index in [2.05, 4.69) is 96.4 Å². The molecule has 0 bridgehead atoms. The minimum absolute atomic E-state index is 0.306. The van der Waals surface area contributed by atoms with E-state index in [0.29, 0.717) is 11.6 Å². The number of nitrogens with zero attached hydrogens (tertiary/aromatic N) is 3. The van der Waals surface area contributed by atoms with Crippen molar-refractivity contribution < 1.29 is 0 Å². The van der Waals surface area contributed by atoms with Gasteiger partial charge in [0.2, 0.25) is 0 Å². The molecule has 0 amide bonds. The van der Waals surface area contributed by atoms with Crippen molar-refractivity contribution in [3.63, 3.8) is 0 Å². The summed E-state index contributed by atoms with van der Waals surface area (Å²) < 4.78 is 0. The largest absolute Gasteiger partial charge is 0.346 e. The first kappa shape index (κ1) is 25.2. The van der Waals surface area contributed by atoms with Gasteiger partial charge in [-0.05, 0) is 106 Å². The molecule has 1 saturated heterocycles. The molecule has 1 N–H and O–H groups in total. The third-order valence-corrected chi connectivity index (χ3v) is 9.66. The van der Waals surface area contributed by atoms with E-state index in [1.165, 1.54) is 77.6 Å². The second-order valence-corrected chi connectivity index (χ2v) is 12.2. The van der Waals surface area contributed by atoms with E-state index < -0.39 is 0 Å². The number of nitrogens with one attached hydrogen (secondary N) is 1. The SMILES string of the molecule is Cc1cccnc1-c1ccc(-c2c[nH]c3ncc(-c4ccc5c(c4)CC[C@@](C)(N4CCC[C@H]4C)CC5)cc23)cc1. The van der Waals surface area contributed by atoms with Gasteiger partial charge in [-0.1, -0.05) is 48.5 Å². The summed E-state index contributed by atoms with van der Waals surface area (Å²) in [6, 6.07) is 23.0. The zero-order valence-corrected chi connectivity index (χ0v) is 23.9. The first-order valence-corrected chi connectivity index (χ1v) is 14.9. The Morgan fingerprint density at radius 1 is 0.875 bits per heavy atom. The van der Waals surface area contributed by atoms with Gasteiger partial charge in [-0.25, -0.2) is 4.98 Å². The van der Waals surface area contributed by atoms with Crippen LogP contribution in [-0.4, -0.2) is 38.0 Å². The summed E-state index contributed by atoms with van der Waals surface area (Å²) in [5, 5.41) is 1.16. The lowest BCUT2D eigenvalue weighted by Crippen LogP contribution is -2.48. The minimum atomic E-state index is 0.306. The molecule has 5 aromatic rings. The van der Waals surface area contributed by atoms with Crippen molar-refractivity contribution in [1.82, 2.24) is 19.9 Å². The number of benzene rings is 2. The number of hydrogen-bond donors (Lipinski definition) is 1. The van der Waals surface area contributed by atoms with E-state index in [1.807, 2.05) is 18.5 Å². The van der Waals surface area contributed by atoms with Crippen LogP contribution in [0.1, 0.15) is 56.2 Å². The van der Waals surface area contributed by atoms with Crippen molar-refractivity contribution in [3.05, 3.63) is 95.9 Å². The van der Waals surface area contributed by atoms with Crippen LogP contribution in [0.3, 0.4) is 0 Å². The fourth-order valence-corrected chi connectivity index (χ4v) is 7.23. The number of pyridine rings is 2. The molecule has 0 saturated carbocycles. The first-order valence-electron chi connectivity index (χ1n) is 14.9. The van der Waals surface area contributed by atoms with Gasteiger partial charge in [0.25, 0.3) is 0 Å². The lowest BCUT2D eigenvalue weighted by molar-refractivity contribution is 0.0821. The molecule has 4 nitrogen and oxygen atoms in total. The molecule has 1 fully saturated rings. The summed E-state index contributed by atoms with van der Waals surface area (Å²) in [4.78, 5) is 15.6. The highest BCUT2D eigenvalue weighted by Crippen LogP contribution is 2.38. The Hall–Kier alpha value is -3.76. The van der Waals surface area contributed by atoms with E-state index in [9.17, 15) is 0 Å². The van der Waals surface area contributed by atoms with Crippen LogP contribution in [0.5, 0.6) is 0 Å². The normalized spacial score (nSPS) is 21.4. The van der Waals surface area contributed by atoms with Gasteiger partial charge in [0.1, 0.15) is 5.65 Å². The molecule has 4 heterocycles. The van der Waals surface area contributed by atoms with Gasteiger partial charge in [-0.15, -0.1) is 0 Å². The Morgan fingerprint density at radius 3 is 2.42 bits per heavy atom. The third kappa shape index (κ3) is 4.45. The topological polar surface area (TPSA) is 44.8 Å². The second kappa shape index (κ2) is 10.0. The van der Waals surface area contributed by atoms with Crippen LogP contribution in [0.4, 0.5) is 0 Å². The fraction of sp³-hybridized carbons (Fsp3) is 0.333. The van der Waals surface area contributed by atoms with Crippen LogP contribution in [0.2, 0.25) is 0 Å². The maximum absolute atomic E-state index is 4.82. The molecule has 1 aliphatic heterocycles. The Balaban J connectivity index is 1.17. The maximum Gasteiger partial charge on any atom is 0.137 e. The number of likely N-dealkylation sites (tertiary alicyclic amines) is 1. The summed E-state index contributed by atoms with van der Waals surface area (Å²) in [6.45, 7) is 8.30. The monoisotopic (exact) mass is 526 g/mol. The van der Waals surface area contributed by atoms with Gasteiger partial charge in [0.15, 0.2) is 0 Å². The zero-order valence-electron chi connectivity index (χ0n) is 23.9. The summed E-state index contributed by atoms with van der Waals surface area (Å²) in [5.41, 5.74) is 12.4. The van der Waals surface area contributed by atoms with Gasteiger partial charge < -0.3 is 4.98 Å². The van der Waals surface area contributed by atoms with Crippen molar-refractivity contribution in [2.45, 2.75) is 70.9 Å². The highest BCUT2D eigenvalue weighted by Gasteiger charge is 2.38. The minimum Gasteiger partial charge on any atom is -0.346 e. The number of aromatic amines is 1. The molecule has 0 radical (unpaired) electrons. The van der Waals surface area contributed by atoms with E-state index in [-0.39, 0.29) is 0 Å². The molecule has 4 heteroatoms. The summed E-state index contributed by atoms with van der Waals surface area (Å²) in [7, 11) is 0. The standard InChI is InChI=1S/C36H38N4/c1-24-6-4-18-37-34(24)28-11-9-27(10-12-28)33-23-39-35-32(33)21-31(22-38-35)29-13-8-26-14-16-36(3,17-15-30(26)20-29)40-19-5-7-25(40)2/h4,6,8-13,18,20-23,25H,5,7,14-17,19H2,1-3H3,(H,38,39)/t25-,36+/m1/s1. The molecular weight excluding hydrogens is 488 g/mol. The number of hydrogen-bond acceptors (Lipinski definition) is 3. The number of fused-ring (bicyclic) bond motifs is 2. The Kier molecular flexibility index (Phi) is 6.31. The molecule has 7 rings (SSSR count). The Labute approximate surface area is 237 Å². The third-order valence-electron chi connectivity index (χ3n) is 9.66. The molecule has 2 atom stereocenters. The van der Waals surface area contributed by atoms with E-state index in [0.717, 1.165) is 28.7 Å². The van der Waals surface area contributed by atoms with Crippen molar-refractivity contribution in [2.75, 3.05) is 6.54 Å². The van der Waals surface area contributed by atoms with Crippen LogP contribution >= 0.6 is 0 Å². The number of aryl methyl sites for hydroxylation is 3. The highest BCUT2D eigenvalue weighted by atomic mass is 15.2. The summed E-state index contributed by atoms with van der Waals surface area (Å²) in [6.07, 6.45) is 13.5. The molecular formula is C36H38N4. The van der Waals surface area contributed by atoms with Crippen LogP contribution < -0.4 is 0 Å². The Bertz CT molecular complexity index is 1680. The van der Waals surface area contributed by atoms with Crippen molar-refractivity contribution in [2.24, 2.45) is 0 Å². The van der Waals surface area contributed by atoms with E-state index >= 15 is 0 Å². The average molecular weight is 527 g/mol. The predicted octanol–water partition coefficient (Wildman–Crippen LogP) is 8.39. The van der Waals surface area contributed by atoms with Crippen molar-refractivity contribution in [1.29, 1.82) is 0 Å². The number of H-pyrrole nitrogens is 1. The molecule has 2 aromatic carbocycles. The predicted molar refractivity (Wildman–Crippen MR) is 165 cm³/mol. The summed E-state index contributed by atoms with van der Waals surface area (Å²) in [5.74, 6) is 0. The van der Waals surface area contributed by atoms with Crippen molar-refractivity contribution >= 4 is 11.0 Å². The first-order chi connectivity index (χ1) is 19.5. The number of aromatic nitrogens is 3. The number of rotatable bonds is 4. The van der Waals surface area contributed by atoms with Crippen LogP contribution in [0.25, 0.3) is 44.5 Å². The Morgan fingerprint density at radius 2 is 1.65 bits per heavy atom. The summed E-state index contributed by atoms with van der Waals surface area (Å²) >= 11 is 0. The van der Waals surface area contributed by atoms with Gasteiger partial charge >= 0.3 is 0 Å². The lowest BCUT2D eigenvalue weighted by Gasteiger charge is -2.41.